The number of aromatic nitrogens is 2. The largest absolute Gasteiger partial charge is 0.481 e. The molecule has 0 spiro atoms. The van der Waals surface area contributed by atoms with Gasteiger partial charge in [-0.2, -0.15) is 0 Å². The second-order valence-electron chi connectivity index (χ2n) is 7.12. The molecule has 7 heteroatoms. The molecule has 1 aliphatic rings. The van der Waals surface area contributed by atoms with E-state index in [1.165, 1.54) is 0 Å². The van der Waals surface area contributed by atoms with Crippen LogP contribution in [0, 0.1) is 0 Å². The van der Waals surface area contributed by atoms with Crippen LogP contribution in [0.1, 0.15) is 18.7 Å². The first-order valence-corrected chi connectivity index (χ1v) is 9.75. The molecular weight excluding hydrogens is 370 g/mol. The van der Waals surface area contributed by atoms with Crippen molar-refractivity contribution in [2.45, 2.75) is 25.4 Å². The fourth-order valence-electron chi connectivity index (χ4n) is 3.75. The van der Waals surface area contributed by atoms with Crippen LogP contribution in [-0.2, 0) is 20.7 Å². The van der Waals surface area contributed by atoms with E-state index in [4.69, 9.17) is 14.8 Å². The Morgan fingerprint density at radius 3 is 2.66 bits per heavy atom. The van der Waals surface area contributed by atoms with Gasteiger partial charge in [0.05, 0.1) is 30.2 Å². The van der Waals surface area contributed by atoms with Crippen LogP contribution in [0.2, 0.25) is 0 Å². The maximum Gasteiger partial charge on any atom is 0.306 e. The first-order chi connectivity index (χ1) is 14.1. The van der Waals surface area contributed by atoms with E-state index in [-0.39, 0.29) is 12.3 Å². The summed E-state index contributed by atoms with van der Waals surface area (Å²) in [6.45, 7) is 1.18. The van der Waals surface area contributed by atoms with Crippen molar-refractivity contribution < 1.29 is 19.4 Å². The van der Waals surface area contributed by atoms with Gasteiger partial charge >= 0.3 is 5.97 Å². The van der Waals surface area contributed by atoms with Gasteiger partial charge in [0, 0.05) is 31.6 Å². The minimum Gasteiger partial charge on any atom is -0.481 e. The molecular formula is C22H23N3O4. The van der Waals surface area contributed by atoms with Crippen LogP contribution in [0.5, 0.6) is 0 Å². The first-order valence-electron chi connectivity index (χ1n) is 9.75. The number of hydrogen-bond donors (Lipinski definition) is 1. The molecule has 1 aliphatic heterocycles. The summed E-state index contributed by atoms with van der Waals surface area (Å²) in [5.41, 5.74) is 2.91. The number of nitrogens with zero attached hydrogens (tertiary/aromatic N) is 3. The monoisotopic (exact) mass is 393 g/mol. The SMILES string of the molecule is O=C(O)C[C@H]1CN(C(=O)CCc2nc3ccccc3n2-c2ccccc2)CCO1. The van der Waals surface area contributed by atoms with Gasteiger partial charge in [-0.05, 0) is 24.3 Å². The van der Waals surface area contributed by atoms with Crippen molar-refractivity contribution in [2.75, 3.05) is 19.7 Å². The summed E-state index contributed by atoms with van der Waals surface area (Å²) >= 11 is 0. The van der Waals surface area contributed by atoms with E-state index < -0.39 is 12.1 Å². The zero-order chi connectivity index (χ0) is 20.2. The molecule has 0 unspecified atom stereocenters. The normalized spacial score (nSPS) is 16.8. The number of fused-ring (bicyclic) bond motifs is 1. The number of morpholine rings is 1. The maximum absolute atomic E-state index is 12.8. The van der Waals surface area contributed by atoms with Gasteiger partial charge in [0.15, 0.2) is 0 Å². The van der Waals surface area contributed by atoms with Crippen LogP contribution >= 0.6 is 0 Å². The number of carbonyl (C=O) groups is 2. The number of aryl methyl sites for hydroxylation is 1. The fourth-order valence-corrected chi connectivity index (χ4v) is 3.75. The average Bonchev–Trinajstić information content (AvgIpc) is 3.10. The number of carboxylic acid groups (broad SMARTS) is 1. The van der Waals surface area contributed by atoms with Crippen molar-refractivity contribution in [3.8, 4) is 5.69 Å². The van der Waals surface area contributed by atoms with Crippen LogP contribution in [0.4, 0.5) is 0 Å². The molecule has 0 radical (unpaired) electrons. The molecule has 2 aromatic carbocycles. The van der Waals surface area contributed by atoms with E-state index in [1.54, 1.807) is 4.90 Å². The molecule has 7 nitrogen and oxygen atoms in total. The summed E-state index contributed by atoms with van der Waals surface area (Å²) in [5, 5.41) is 8.96. The van der Waals surface area contributed by atoms with Gasteiger partial charge in [0.2, 0.25) is 5.91 Å². The number of carboxylic acids is 1. The quantitative estimate of drug-likeness (QED) is 0.696. The third kappa shape index (κ3) is 4.30. The third-order valence-corrected chi connectivity index (χ3v) is 5.10. The van der Waals surface area contributed by atoms with Gasteiger partial charge in [0.25, 0.3) is 0 Å². The molecule has 0 bridgehead atoms. The van der Waals surface area contributed by atoms with Crippen LogP contribution < -0.4 is 0 Å². The second kappa shape index (κ2) is 8.45. The second-order valence-corrected chi connectivity index (χ2v) is 7.12. The van der Waals surface area contributed by atoms with E-state index in [1.807, 2.05) is 54.6 Å². The van der Waals surface area contributed by atoms with Crippen molar-refractivity contribution in [3.63, 3.8) is 0 Å². The molecule has 0 saturated carbocycles. The van der Waals surface area contributed by atoms with Gasteiger partial charge < -0.3 is 14.7 Å². The number of hydrogen-bond acceptors (Lipinski definition) is 4. The summed E-state index contributed by atoms with van der Waals surface area (Å²) in [7, 11) is 0. The van der Waals surface area contributed by atoms with Gasteiger partial charge in [-0.25, -0.2) is 4.98 Å². The zero-order valence-corrected chi connectivity index (χ0v) is 16.0. The Hall–Kier alpha value is -3.19. The van der Waals surface area contributed by atoms with Crippen molar-refractivity contribution in [1.29, 1.82) is 0 Å². The number of amides is 1. The number of para-hydroxylation sites is 3. The van der Waals surface area contributed by atoms with E-state index in [9.17, 15) is 9.59 Å². The molecule has 2 heterocycles. The maximum atomic E-state index is 12.8. The van der Waals surface area contributed by atoms with E-state index in [0.29, 0.717) is 32.5 Å². The number of rotatable bonds is 6. The summed E-state index contributed by atoms with van der Waals surface area (Å²) in [4.78, 5) is 30.1. The Labute approximate surface area is 168 Å². The minimum absolute atomic E-state index is 0.00430. The molecule has 1 amide bonds. The number of benzene rings is 2. The van der Waals surface area contributed by atoms with Gasteiger partial charge in [-0.3, -0.25) is 14.2 Å². The van der Waals surface area contributed by atoms with Gasteiger partial charge in [-0.15, -0.1) is 0 Å². The van der Waals surface area contributed by atoms with Crippen molar-refractivity contribution >= 4 is 22.9 Å². The third-order valence-electron chi connectivity index (χ3n) is 5.10. The molecule has 4 rings (SSSR count). The van der Waals surface area contributed by atoms with Crippen LogP contribution in [0.15, 0.2) is 54.6 Å². The lowest BCUT2D eigenvalue weighted by Crippen LogP contribution is -2.46. The lowest BCUT2D eigenvalue weighted by Gasteiger charge is -2.32. The average molecular weight is 393 g/mol. The molecule has 1 fully saturated rings. The Balaban J connectivity index is 1.51. The van der Waals surface area contributed by atoms with E-state index in [0.717, 1.165) is 22.5 Å². The Morgan fingerprint density at radius 1 is 1.10 bits per heavy atom. The van der Waals surface area contributed by atoms with Crippen molar-refractivity contribution in [3.05, 3.63) is 60.4 Å². The Bertz CT molecular complexity index is 1020. The van der Waals surface area contributed by atoms with Gasteiger partial charge in [0.1, 0.15) is 5.82 Å². The zero-order valence-electron chi connectivity index (χ0n) is 16.0. The lowest BCUT2D eigenvalue weighted by atomic mass is 10.2. The van der Waals surface area contributed by atoms with Crippen molar-refractivity contribution in [1.82, 2.24) is 14.5 Å². The van der Waals surface area contributed by atoms with E-state index >= 15 is 0 Å². The van der Waals surface area contributed by atoms with Crippen LogP contribution in [0.25, 0.3) is 16.7 Å². The predicted octanol–water partition coefficient (Wildman–Crippen LogP) is 2.66. The molecule has 1 atom stereocenters. The summed E-state index contributed by atoms with van der Waals surface area (Å²) in [6.07, 6.45) is 0.284. The van der Waals surface area contributed by atoms with Crippen LogP contribution in [0.3, 0.4) is 0 Å². The number of aliphatic carboxylic acids is 1. The predicted molar refractivity (Wildman–Crippen MR) is 108 cm³/mol. The highest BCUT2D eigenvalue weighted by atomic mass is 16.5. The van der Waals surface area contributed by atoms with E-state index in [2.05, 4.69) is 4.57 Å². The molecule has 1 N–H and O–H groups in total. The van der Waals surface area contributed by atoms with Gasteiger partial charge in [-0.1, -0.05) is 30.3 Å². The number of carbonyl (C=O) groups excluding carboxylic acids is 1. The fraction of sp³-hybridized carbons (Fsp3) is 0.318. The highest BCUT2D eigenvalue weighted by Gasteiger charge is 2.26. The molecule has 1 saturated heterocycles. The highest BCUT2D eigenvalue weighted by Crippen LogP contribution is 2.22. The number of ether oxygens (including phenoxy) is 1. The minimum atomic E-state index is -0.916. The molecule has 1 aromatic heterocycles. The highest BCUT2D eigenvalue weighted by molar-refractivity contribution is 5.79. The molecule has 150 valence electrons. The Kier molecular flexibility index (Phi) is 5.57. The summed E-state index contributed by atoms with van der Waals surface area (Å²) in [5.74, 6) is -0.0858. The van der Waals surface area contributed by atoms with Crippen LogP contribution in [-0.4, -0.2) is 57.2 Å². The van der Waals surface area contributed by atoms with Crippen molar-refractivity contribution in [2.24, 2.45) is 0 Å². The topological polar surface area (TPSA) is 84.7 Å². The molecule has 3 aromatic rings. The summed E-state index contributed by atoms with van der Waals surface area (Å²) < 4.78 is 7.55. The standard InChI is InChI=1S/C22H23N3O4/c26-21(24-12-13-29-17(15-24)14-22(27)28)11-10-20-23-18-8-4-5-9-19(18)25(20)16-6-2-1-3-7-16/h1-9,17H,10-15H2,(H,27,28)/t17-/m0/s1. The molecule has 29 heavy (non-hydrogen) atoms. The summed E-state index contributed by atoms with van der Waals surface area (Å²) in [6, 6.07) is 17.9. The first kappa shape index (κ1) is 19.1. The molecule has 0 aliphatic carbocycles. The number of imidazole rings is 1. The Morgan fingerprint density at radius 2 is 1.86 bits per heavy atom. The lowest BCUT2D eigenvalue weighted by molar-refractivity contribution is -0.147. The smallest absolute Gasteiger partial charge is 0.306 e.